The summed E-state index contributed by atoms with van der Waals surface area (Å²) < 4.78 is 0. The van der Waals surface area contributed by atoms with Crippen molar-refractivity contribution < 1.29 is 0 Å². The molecule has 2 fully saturated rings. The van der Waals surface area contributed by atoms with Crippen LogP contribution in [0.25, 0.3) is 0 Å². The number of hydrogen-bond acceptors (Lipinski definition) is 2. The lowest BCUT2D eigenvalue weighted by Gasteiger charge is -2.40. The lowest BCUT2D eigenvalue weighted by Crippen LogP contribution is -2.43. The smallest absolute Gasteiger partial charge is 0.0406 e. The van der Waals surface area contributed by atoms with Gasteiger partial charge < -0.3 is 4.90 Å². The molecule has 3 atom stereocenters. The number of hydrogen-bond donors (Lipinski definition) is 0. The summed E-state index contributed by atoms with van der Waals surface area (Å²) in [6.45, 7) is 0. The molecule has 2 heteroatoms. The number of fused-ring (bicyclic) bond motifs is 2. The lowest BCUT2D eigenvalue weighted by atomic mass is 9.86. The fourth-order valence-corrected chi connectivity index (χ4v) is 4.29. The van der Waals surface area contributed by atoms with Crippen molar-refractivity contribution in [2.75, 3.05) is 4.90 Å². The molecule has 21 heavy (non-hydrogen) atoms. The molecule has 0 amide bonds. The number of benzene rings is 1. The number of nitrogens with zero attached hydrogens (tertiary/aromatic N) is 2. The second-order valence-corrected chi connectivity index (χ2v) is 6.49. The van der Waals surface area contributed by atoms with Crippen LogP contribution in [0.1, 0.15) is 31.4 Å². The molecule has 2 aromatic rings. The van der Waals surface area contributed by atoms with Gasteiger partial charge in [0.15, 0.2) is 0 Å². The lowest BCUT2D eigenvalue weighted by molar-refractivity contribution is 0.336. The average Bonchev–Trinajstić information content (AvgIpc) is 2.80. The summed E-state index contributed by atoms with van der Waals surface area (Å²) in [5, 5.41) is 0. The molecule has 1 aromatic carbocycles. The Morgan fingerprint density at radius 2 is 1.62 bits per heavy atom. The van der Waals surface area contributed by atoms with E-state index in [0.717, 1.165) is 24.4 Å². The normalized spacial score (nSPS) is 27.8. The highest BCUT2D eigenvalue weighted by atomic mass is 15.2. The van der Waals surface area contributed by atoms with E-state index in [2.05, 4.69) is 52.3 Å². The van der Waals surface area contributed by atoms with Crippen molar-refractivity contribution in [1.29, 1.82) is 0 Å². The highest BCUT2D eigenvalue weighted by molar-refractivity contribution is 5.50. The van der Waals surface area contributed by atoms with Gasteiger partial charge in [-0.3, -0.25) is 4.98 Å². The van der Waals surface area contributed by atoms with Gasteiger partial charge in [-0.25, -0.2) is 0 Å². The van der Waals surface area contributed by atoms with Crippen molar-refractivity contribution in [3.05, 3.63) is 60.4 Å². The summed E-state index contributed by atoms with van der Waals surface area (Å²) in [6, 6.07) is 18.7. The summed E-state index contributed by atoms with van der Waals surface area (Å²) in [5.41, 5.74) is 2.68. The van der Waals surface area contributed by atoms with E-state index in [0.29, 0.717) is 0 Å². The van der Waals surface area contributed by atoms with Crippen LogP contribution in [0.5, 0.6) is 0 Å². The summed E-state index contributed by atoms with van der Waals surface area (Å²) in [6.07, 6.45) is 8.43. The van der Waals surface area contributed by atoms with Gasteiger partial charge in [-0.15, -0.1) is 0 Å². The minimum atomic E-state index is 0.736. The predicted octanol–water partition coefficient (Wildman–Crippen LogP) is 4.07. The van der Waals surface area contributed by atoms with Crippen LogP contribution in [-0.2, 0) is 6.42 Å². The highest BCUT2D eigenvalue weighted by Crippen LogP contribution is 2.42. The van der Waals surface area contributed by atoms with E-state index in [9.17, 15) is 0 Å². The van der Waals surface area contributed by atoms with E-state index in [1.807, 2.05) is 12.3 Å². The largest absolute Gasteiger partial charge is 0.366 e. The molecule has 0 aliphatic carbocycles. The molecule has 4 rings (SSSR count). The van der Waals surface area contributed by atoms with Crippen LogP contribution in [0.2, 0.25) is 0 Å². The molecule has 0 N–H and O–H groups in total. The van der Waals surface area contributed by atoms with Gasteiger partial charge in [0.1, 0.15) is 0 Å². The molecule has 0 spiro atoms. The second-order valence-electron chi connectivity index (χ2n) is 6.49. The summed E-state index contributed by atoms with van der Waals surface area (Å²) in [7, 11) is 0. The first kappa shape index (κ1) is 12.9. The Hall–Kier alpha value is -1.83. The van der Waals surface area contributed by atoms with Crippen LogP contribution in [0.3, 0.4) is 0 Å². The fourth-order valence-electron chi connectivity index (χ4n) is 4.29. The van der Waals surface area contributed by atoms with Gasteiger partial charge in [0.2, 0.25) is 0 Å². The monoisotopic (exact) mass is 278 g/mol. The third-order valence-electron chi connectivity index (χ3n) is 5.11. The number of para-hydroxylation sites is 1. The van der Waals surface area contributed by atoms with E-state index in [1.54, 1.807) is 0 Å². The quantitative estimate of drug-likeness (QED) is 0.841. The third kappa shape index (κ3) is 2.55. The van der Waals surface area contributed by atoms with Crippen molar-refractivity contribution in [3.8, 4) is 0 Å². The maximum absolute atomic E-state index is 4.51. The van der Waals surface area contributed by atoms with Crippen LogP contribution in [0.15, 0.2) is 54.7 Å². The summed E-state index contributed by atoms with van der Waals surface area (Å²) in [5.74, 6) is 0.803. The number of pyridine rings is 1. The first-order chi connectivity index (χ1) is 10.4. The van der Waals surface area contributed by atoms with Gasteiger partial charge in [-0.05, 0) is 62.3 Å². The van der Waals surface area contributed by atoms with E-state index >= 15 is 0 Å². The molecule has 0 saturated carbocycles. The minimum Gasteiger partial charge on any atom is -0.366 e. The molecule has 2 aliphatic rings. The van der Waals surface area contributed by atoms with Crippen molar-refractivity contribution in [3.63, 3.8) is 0 Å². The Kier molecular flexibility index (Phi) is 3.38. The van der Waals surface area contributed by atoms with Crippen LogP contribution in [-0.4, -0.2) is 17.1 Å². The maximum atomic E-state index is 4.51. The molecule has 0 unspecified atom stereocenters. The first-order valence-corrected chi connectivity index (χ1v) is 8.13. The number of rotatable bonds is 3. The van der Waals surface area contributed by atoms with Crippen LogP contribution in [0.4, 0.5) is 5.69 Å². The van der Waals surface area contributed by atoms with E-state index in [1.165, 1.54) is 37.1 Å². The van der Waals surface area contributed by atoms with Gasteiger partial charge in [0.25, 0.3) is 0 Å². The van der Waals surface area contributed by atoms with E-state index < -0.39 is 0 Å². The fraction of sp³-hybridized carbons (Fsp3) is 0.421. The zero-order valence-electron chi connectivity index (χ0n) is 12.4. The van der Waals surface area contributed by atoms with Gasteiger partial charge in [-0.1, -0.05) is 24.3 Å². The van der Waals surface area contributed by atoms with Crippen LogP contribution in [0, 0.1) is 5.92 Å². The van der Waals surface area contributed by atoms with Gasteiger partial charge in [0, 0.05) is 29.7 Å². The number of anilines is 1. The predicted molar refractivity (Wildman–Crippen MR) is 86.4 cm³/mol. The van der Waals surface area contributed by atoms with Crippen LogP contribution < -0.4 is 4.90 Å². The van der Waals surface area contributed by atoms with E-state index in [4.69, 9.17) is 0 Å². The molecule has 2 nitrogen and oxygen atoms in total. The molecule has 2 bridgehead atoms. The number of piperidine rings is 1. The Morgan fingerprint density at radius 1 is 0.905 bits per heavy atom. The highest BCUT2D eigenvalue weighted by Gasteiger charge is 2.40. The van der Waals surface area contributed by atoms with Gasteiger partial charge in [0.05, 0.1) is 0 Å². The molecule has 1 aromatic heterocycles. The van der Waals surface area contributed by atoms with Crippen molar-refractivity contribution in [2.24, 2.45) is 5.92 Å². The summed E-state index contributed by atoms with van der Waals surface area (Å²) >= 11 is 0. The number of aromatic nitrogens is 1. The van der Waals surface area contributed by atoms with Gasteiger partial charge >= 0.3 is 0 Å². The molecule has 2 aliphatic heterocycles. The maximum Gasteiger partial charge on any atom is 0.0406 e. The van der Waals surface area contributed by atoms with Crippen molar-refractivity contribution in [2.45, 2.75) is 44.2 Å². The molecule has 108 valence electrons. The molecule has 3 heterocycles. The minimum absolute atomic E-state index is 0.736. The second kappa shape index (κ2) is 5.51. The Bertz CT molecular complexity index is 567. The third-order valence-corrected chi connectivity index (χ3v) is 5.11. The topological polar surface area (TPSA) is 16.1 Å². The van der Waals surface area contributed by atoms with Gasteiger partial charge in [-0.2, -0.15) is 0 Å². The van der Waals surface area contributed by atoms with Crippen molar-refractivity contribution in [1.82, 2.24) is 4.98 Å². The SMILES string of the molecule is c1ccc(N2[C@@H]3CC[C@H]2C[C@@H](Cc2ccccn2)C3)cc1. The summed E-state index contributed by atoms with van der Waals surface area (Å²) in [4.78, 5) is 7.20. The van der Waals surface area contributed by atoms with Crippen molar-refractivity contribution >= 4 is 5.69 Å². The molecular formula is C19H22N2. The Labute approximate surface area is 126 Å². The van der Waals surface area contributed by atoms with Crippen LogP contribution >= 0.6 is 0 Å². The Morgan fingerprint density at radius 3 is 2.29 bits per heavy atom. The molecular weight excluding hydrogens is 256 g/mol. The zero-order chi connectivity index (χ0) is 14.1. The first-order valence-electron chi connectivity index (χ1n) is 8.13. The zero-order valence-corrected chi connectivity index (χ0v) is 12.4. The van der Waals surface area contributed by atoms with E-state index in [-0.39, 0.29) is 0 Å². The standard InChI is InChI=1S/C19H22N2/c1-2-7-17(8-3-1)21-18-9-10-19(21)14-15(13-18)12-16-6-4-5-11-20-16/h1-8,11,15,18-19H,9-10,12-14H2/t15-,18+,19-. The average molecular weight is 278 g/mol. The Balaban J connectivity index is 1.49. The molecule has 0 radical (unpaired) electrons. The molecule has 2 saturated heterocycles.